The molecular weight excluding hydrogens is 552 g/mol. The molecule has 8 nitrogen and oxygen atoms in total. The molecule has 0 radical (unpaired) electrons. The first kappa shape index (κ1) is 39.0. The van der Waals surface area contributed by atoms with Crippen molar-refractivity contribution < 1.29 is 19.1 Å². The van der Waals surface area contributed by atoms with Crippen LogP contribution in [0.5, 0.6) is 0 Å². The number of hydrogen-bond acceptors (Lipinski definition) is 8. The lowest BCUT2D eigenvalue weighted by molar-refractivity contribution is -0.161. The Bertz CT molecular complexity index is 835. The Labute approximate surface area is 271 Å². The molecule has 0 bridgehead atoms. The highest BCUT2D eigenvalue weighted by Gasteiger charge is 2.36. The summed E-state index contributed by atoms with van der Waals surface area (Å²) in [5.41, 5.74) is -0.627. The molecule has 2 fully saturated rings. The van der Waals surface area contributed by atoms with Crippen LogP contribution in [0, 0.1) is 10.8 Å². The molecule has 0 spiro atoms. The number of carbonyl (C=O) groups excluding carboxylic acids is 2. The van der Waals surface area contributed by atoms with Crippen LogP contribution in [0.25, 0.3) is 0 Å². The second kappa shape index (κ2) is 16.6. The van der Waals surface area contributed by atoms with E-state index < -0.39 is 11.2 Å². The van der Waals surface area contributed by atoms with E-state index in [1.54, 1.807) is 0 Å². The van der Waals surface area contributed by atoms with Crippen molar-refractivity contribution in [2.24, 2.45) is 10.8 Å². The van der Waals surface area contributed by atoms with Crippen molar-refractivity contribution in [1.29, 1.82) is 0 Å². The van der Waals surface area contributed by atoms with Crippen LogP contribution in [-0.4, -0.2) is 96.4 Å². The average Bonchev–Trinajstić information content (AvgIpc) is 2.82. The molecule has 0 amide bonds. The zero-order chi connectivity index (χ0) is 33.3. The molecule has 2 rings (SSSR count). The highest BCUT2D eigenvalue weighted by molar-refractivity contribution is 5.75. The van der Waals surface area contributed by atoms with Gasteiger partial charge in [0, 0.05) is 50.3 Å². The maximum absolute atomic E-state index is 12.9. The maximum Gasteiger partial charge on any atom is 0.320 e. The predicted octanol–water partition coefficient (Wildman–Crippen LogP) is 6.17. The summed E-state index contributed by atoms with van der Waals surface area (Å²) in [6, 6.07) is 1.33. The van der Waals surface area contributed by atoms with Crippen LogP contribution in [0.15, 0.2) is 0 Å². The fourth-order valence-corrected chi connectivity index (χ4v) is 6.97. The van der Waals surface area contributed by atoms with E-state index in [-0.39, 0.29) is 47.9 Å². The monoisotopic (exact) mass is 623 g/mol. The zero-order valence-electron chi connectivity index (χ0n) is 30.7. The number of esters is 2. The van der Waals surface area contributed by atoms with E-state index in [0.717, 1.165) is 51.9 Å². The molecule has 0 aliphatic heterocycles. The minimum atomic E-state index is -0.573. The first-order valence-corrected chi connectivity index (χ1v) is 17.5. The molecule has 0 aromatic rings. The minimum Gasteiger partial charge on any atom is -0.459 e. The Hall–Kier alpha value is -1.22. The van der Waals surface area contributed by atoms with Crippen LogP contribution in [0.1, 0.15) is 134 Å². The van der Waals surface area contributed by atoms with Gasteiger partial charge in [-0.3, -0.25) is 19.4 Å². The Morgan fingerprint density at radius 2 is 0.909 bits per heavy atom. The fraction of sp³-hybridized carbons (Fsp3) is 0.944. The van der Waals surface area contributed by atoms with E-state index in [2.05, 4.69) is 57.1 Å². The molecular formula is C36H70N4O4. The highest BCUT2D eigenvalue weighted by atomic mass is 16.6. The normalized spacial score (nSPS) is 24.0. The summed E-state index contributed by atoms with van der Waals surface area (Å²) in [6.45, 7) is 29.5. The van der Waals surface area contributed by atoms with Crippen molar-refractivity contribution in [2.45, 2.75) is 170 Å². The average molecular weight is 623 g/mol. The largest absolute Gasteiger partial charge is 0.459 e. The quantitative estimate of drug-likeness (QED) is 0.187. The molecule has 2 aliphatic rings. The summed E-state index contributed by atoms with van der Waals surface area (Å²) >= 11 is 0. The molecule has 258 valence electrons. The molecule has 2 N–H and O–H groups in total. The smallest absolute Gasteiger partial charge is 0.320 e. The molecule has 1 unspecified atom stereocenters. The van der Waals surface area contributed by atoms with Gasteiger partial charge in [0.1, 0.15) is 11.2 Å². The topological polar surface area (TPSA) is 83.1 Å². The Morgan fingerprint density at radius 1 is 0.568 bits per heavy atom. The van der Waals surface area contributed by atoms with Crippen molar-refractivity contribution in [2.75, 3.05) is 39.3 Å². The van der Waals surface area contributed by atoms with Gasteiger partial charge in [-0.1, -0.05) is 67.2 Å². The Kier molecular flexibility index (Phi) is 14.7. The SMILES string of the molecule is CC(C)(C)CN(CC(C)(C)C)[C@H]1CCCC[C@@H]1NCCNC1CCCC[C@H]1N(CC(=O)OC(C)(C)C)CC(=O)OC(C)(C)C. The molecule has 0 saturated heterocycles. The number of rotatable bonds is 13. The van der Waals surface area contributed by atoms with Crippen molar-refractivity contribution in [3.8, 4) is 0 Å². The minimum absolute atomic E-state index is 0.0697. The van der Waals surface area contributed by atoms with Crippen molar-refractivity contribution >= 4 is 11.9 Å². The van der Waals surface area contributed by atoms with Gasteiger partial charge in [0.05, 0.1) is 13.1 Å². The third kappa shape index (κ3) is 15.9. The number of nitrogens with one attached hydrogen (secondary N) is 2. The second-order valence-corrected chi connectivity index (χ2v) is 17.9. The lowest BCUT2D eigenvalue weighted by Gasteiger charge is -2.45. The van der Waals surface area contributed by atoms with Gasteiger partial charge >= 0.3 is 11.9 Å². The van der Waals surface area contributed by atoms with Gasteiger partial charge in [-0.15, -0.1) is 0 Å². The fourth-order valence-electron chi connectivity index (χ4n) is 6.97. The van der Waals surface area contributed by atoms with Crippen molar-refractivity contribution in [1.82, 2.24) is 20.4 Å². The van der Waals surface area contributed by atoms with Gasteiger partial charge in [-0.25, -0.2) is 0 Å². The summed E-state index contributed by atoms with van der Waals surface area (Å²) in [6.07, 6.45) is 9.27. The van der Waals surface area contributed by atoms with Crippen LogP contribution in [-0.2, 0) is 19.1 Å². The summed E-state index contributed by atoms with van der Waals surface area (Å²) < 4.78 is 11.3. The number of ether oxygens (including phenoxy) is 2. The van der Waals surface area contributed by atoms with Crippen LogP contribution in [0.2, 0.25) is 0 Å². The van der Waals surface area contributed by atoms with Crippen LogP contribution in [0.3, 0.4) is 0 Å². The molecule has 8 heteroatoms. The van der Waals surface area contributed by atoms with Gasteiger partial charge < -0.3 is 20.1 Å². The van der Waals surface area contributed by atoms with Crippen LogP contribution in [0.4, 0.5) is 0 Å². The predicted molar refractivity (Wildman–Crippen MR) is 182 cm³/mol. The van der Waals surface area contributed by atoms with Gasteiger partial charge in [-0.2, -0.15) is 0 Å². The first-order chi connectivity index (χ1) is 20.1. The van der Waals surface area contributed by atoms with Gasteiger partial charge in [0.25, 0.3) is 0 Å². The summed E-state index contributed by atoms with van der Waals surface area (Å²) in [5.74, 6) is -0.601. The summed E-state index contributed by atoms with van der Waals surface area (Å²) in [4.78, 5) is 30.6. The summed E-state index contributed by atoms with van der Waals surface area (Å²) in [7, 11) is 0. The molecule has 44 heavy (non-hydrogen) atoms. The van der Waals surface area contributed by atoms with E-state index >= 15 is 0 Å². The molecule has 0 heterocycles. The van der Waals surface area contributed by atoms with Gasteiger partial charge in [0.2, 0.25) is 0 Å². The zero-order valence-corrected chi connectivity index (χ0v) is 30.7. The van der Waals surface area contributed by atoms with Gasteiger partial charge in [-0.05, 0) is 78.1 Å². The molecule has 0 aromatic carbocycles. The third-order valence-corrected chi connectivity index (χ3v) is 8.19. The molecule has 2 aliphatic carbocycles. The lowest BCUT2D eigenvalue weighted by atomic mass is 9.84. The Balaban J connectivity index is 2.07. The third-order valence-electron chi connectivity index (χ3n) is 8.19. The highest BCUT2D eigenvalue weighted by Crippen LogP contribution is 2.30. The first-order valence-electron chi connectivity index (χ1n) is 17.5. The Morgan fingerprint density at radius 3 is 1.25 bits per heavy atom. The standard InChI is InChI=1S/C36H70N4O4/c1-33(2,3)25-40(26-34(4,5)6)30-20-16-14-18-28(30)38-22-21-37-27-17-13-15-19-29(27)39(23-31(41)43-35(7,8)9)24-32(42)44-36(10,11)12/h27-30,37-38H,13-26H2,1-12H3/t27?,28-,29+,30-/m0/s1. The molecule has 0 aromatic heterocycles. The summed E-state index contributed by atoms with van der Waals surface area (Å²) in [5, 5.41) is 7.79. The van der Waals surface area contributed by atoms with E-state index in [1.165, 1.54) is 25.7 Å². The second-order valence-electron chi connectivity index (χ2n) is 17.9. The number of nitrogens with zero attached hydrogens (tertiary/aromatic N) is 2. The van der Waals surface area contributed by atoms with Gasteiger partial charge in [0.15, 0.2) is 0 Å². The van der Waals surface area contributed by atoms with E-state index in [0.29, 0.717) is 12.1 Å². The van der Waals surface area contributed by atoms with E-state index in [9.17, 15) is 9.59 Å². The number of carbonyl (C=O) groups is 2. The molecule has 4 atom stereocenters. The lowest BCUT2D eigenvalue weighted by Crippen LogP contribution is -2.57. The van der Waals surface area contributed by atoms with Crippen LogP contribution >= 0.6 is 0 Å². The number of hydrogen-bond donors (Lipinski definition) is 2. The maximum atomic E-state index is 12.9. The van der Waals surface area contributed by atoms with Crippen molar-refractivity contribution in [3.63, 3.8) is 0 Å². The van der Waals surface area contributed by atoms with Crippen molar-refractivity contribution in [3.05, 3.63) is 0 Å². The van der Waals surface area contributed by atoms with E-state index in [1.807, 2.05) is 46.4 Å². The van der Waals surface area contributed by atoms with Crippen LogP contribution < -0.4 is 10.6 Å². The van der Waals surface area contributed by atoms with E-state index in [4.69, 9.17) is 9.47 Å². The molecule has 2 saturated carbocycles.